The Hall–Kier alpha value is -11.6. The molecule has 25 rings (SSSR count). The molecule has 0 saturated carbocycles. The molecule has 24 heterocycles. The third-order valence-corrected chi connectivity index (χ3v) is 34.0. The summed E-state index contributed by atoms with van der Waals surface area (Å²) in [5.74, 6) is 0.937. The van der Waals surface area contributed by atoms with E-state index in [1.54, 1.807) is 71.2 Å². The van der Waals surface area contributed by atoms with E-state index in [9.17, 15) is 14.4 Å². The maximum Gasteiger partial charge on any atom is 0.299 e. The van der Waals surface area contributed by atoms with Crippen LogP contribution in [-0.4, -0.2) is 288 Å². The van der Waals surface area contributed by atoms with Gasteiger partial charge in [0, 0.05) is 180 Å². The van der Waals surface area contributed by atoms with Crippen LogP contribution in [-0.2, 0) is 4.79 Å². The number of oxazole rings is 2. The lowest BCUT2D eigenvalue weighted by molar-refractivity contribution is -0.114. The number of aromatic nitrogens is 10. The number of rotatable bonds is 15. The summed E-state index contributed by atoms with van der Waals surface area (Å²) in [5.41, 5.74) is 19.4. The van der Waals surface area contributed by atoms with Crippen LogP contribution in [0.15, 0.2) is 148 Å². The normalized spacial score (nSPS) is 21.1. The van der Waals surface area contributed by atoms with Crippen molar-refractivity contribution in [2.75, 3.05) is 174 Å². The minimum Gasteiger partial charge on any atom is -0.422 e. The molecule has 0 unspecified atom stereocenters. The molecule has 1 aromatic carbocycles. The van der Waals surface area contributed by atoms with Gasteiger partial charge in [-0.3, -0.25) is 14.4 Å². The van der Waals surface area contributed by atoms with Gasteiger partial charge in [0.1, 0.15) is 39.6 Å². The zero-order chi connectivity index (χ0) is 95.7. The van der Waals surface area contributed by atoms with Gasteiger partial charge in [0.25, 0.3) is 23.8 Å². The summed E-state index contributed by atoms with van der Waals surface area (Å²) in [5, 5.41) is 8.98. The second-order valence-corrected chi connectivity index (χ2v) is 43.0. The second-order valence-electron chi connectivity index (χ2n) is 40.0. The fourth-order valence-corrected chi connectivity index (χ4v) is 25.9. The van der Waals surface area contributed by atoms with E-state index < -0.39 is 5.91 Å². The van der Waals surface area contributed by atoms with Crippen molar-refractivity contribution in [3.8, 4) is 11.1 Å². The Bertz CT molecular complexity index is 6420. The molecule has 4 N–H and O–H groups in total. The minimum atomic E-state index is -0.491. The Morgan fingerprint density at radius 1 is 0.426 bits per heavy atom. The molecule has 0 aliphatic carbocycles. The molecule has 10 aromatic heterocycles. The average molecular weight is 1960 g/mol. The van der Waals surface area contributed by atoms with Crippen LogP contribution in [0.25, 0.3) is 75.5 Å². The van der Waals surface area contributed by atoms with Crippen LogP contribution in [0.5, 0.6) is 0 Å². The van der Waals surface area contributed by atoms with Crippen molar-refractivity contribution in [1.29, 1.82) is 0 Å². The Balaban J connectivity index is 0.000000105. The molecule has 0 spiro atoms. The number of likely N-dealkylation sites (tertiary alicyclic amines) is 6. The molecule has 3 amide bonds. The van der Waals surface area contributed by atoms with Gasteiger partial charge in [0.05, 0.1) is 44.7 Å². The van der Waals surface area contributed by atoms with Crippen molar-refractivity contribution in [3.63, 3.8) is 0 Å². The van der Waals surface area contributed by atoms with E-state index >= 15 is 0 Å². The predicted molar refractivity (Wildman–Crippen MR) is 568 cm³/mol. The second kappa shape index (κ2) is 44.5. The van der Waals surface area contributed by atoms with Gasteiger partial charge in [-0.2, -0.15) is 9.97 Å². The van der Waals surface area contributed by atoms with Crippen LogP contribution in [0.3, 0.4) is 0 Å². The highest BCUT2D eigenvalue weighted by atomic mass is 32.1. The quantitative estimate of drug-likeness (QED) is 0.0858. The summed E-state index contributed by atoms with van der Waals surface area (Å²) in [6.07, 6.45) is 55.1. The largest absolute Gasteiger partial charge is 0.422 e. The summed E-state index contributed by atoms with van der Waals surface area (Å²) in [6.45, 7) is 34.4. The van der Waals surface area contributed by atoms with E-state index in [0.717, 1.165) is 217 Å². The summed E-state index contributed by atoms with van der Waals surface area (Å²) in [4.78, 5) is 119. The Kier molecular flexibility index (Phi) is 30.2. The van der Waals surface area contributed by atoms with Crippen LogP contribution in [0.2, 0.25) is 0 Å². The molecule has 0 atom stereocenters. The first-order valence-corrected chi connectivity index (χ1v) is 54.5. The van der Waals surface area contributed by atoms with Gasteiger partial charge in [-0.25, -0.2) is 49.9 Å². The van der Waals surface area contributed by atoms with Gasteiger partial charge in [-0.15, -0.1) is 0 Å². The average Bonchev–Trinajstić information content (AvgIpc) is 1.68. The molecule has 141 heavy (non-hydrogen) atoms. The molecule has 0 bridgehead atoms. The highest BCUT2D eigenvalue weighted by molar-refractivity contribution is 7.23. The van der Waals surface area contributed by atoms with Crippen LogP contribution in [0.1, 0.15) is 212 Å². The number of thiazole rings is 3. The Morgan fingerprint density at radius 3 is 1.29 bits per heavy atom. The minimum absolute atomic E-state index is 0.0664. The lowest BCUT2D eigenvalue weighted by Crippen LogP contribution is -2.46. The number of benzene rings is 1. The molecule has 11 fully saturated rings. The van der Waals surface area contributed by atoms with Crippen molar-refractivity contribution in [3.05, 3.63) is 152 Å². The summed E-state index contributed by atoms with van der Waals surface area (Å²) < 4.78 is 15.5. The first-order valence-electron chi connectivity index (χ1n) is 52.1. The smallest absolute Gasteiger partial charge is 0.299 e. The molecule has 0 radical (unpaired) electrons. The number of primary amides is 1. The number of amides is 3. The summed E-state index contributed by atoms with van der Waals surface area (Å²) in [7, 11) is 0. The summed E-state index contributed by atoms with van der Waals surface area (Å²) in [6, 6.07) is 20.9. The summed E-state index contributed by atoms with van der Waals surface area (Å²) >= 11 is 5.02. The van der Waals surface area contributed by atoms with Gasteiger partial charge in [0.2, 0.25) is 17.2 Å². The number of nitrogens with one attached hydrogen (secondary N) is 2. The van der Waals surface area contributed by atoms with Gasteiger partial charge in [-0.05, 0) is 261 Å². The highest BCUT2D eigenvalue weighted by Gasteiger charge is 2.36. The molecule has 14 aliphatic rings. The van der Waals surface area contributed by atoms with E-state index in [0.29, 0.717) is 52.6 Å². The van der Waals surface area contributed by atoms with Crippen molar-refractivity contribution in [1.82, 2.24) is 89.5 Å². The number of nitrogens with two attached hydrogens (primary N) is 1. The van der Waals surface area contributed by atoms with Crippen LogP contribution in [0.4, 0.5) is 38.9 Å². The van der Waals surface area contributed by atoms with Crippen molar-refractivity contribution >= 4 is 167 Å². The van der Waals surface area contributed by atoms with E-state index in [-0.39, 0.29) is 11.8 Å². The lowest BCUT2D eigenvalue weighted by Gasteiger charge is -2.40. The number of anilines is 6. The highest BCUT2D eigenvalue weighted by Crippen LogP contribution is 2.41. The zero-order valence-corrected chi connectivity index (χ0v) is 83.9. The standard InChI is InChI=1S/2C25H28N6O.C21H29N5OS.C18H25N5OS.C17H23N5OS/c1-18-7-10-26-23-6-5-19(17-31(18)23)20-15-22-24(27-16-20)28-25(32-22)30-13-8-21(9-14-30)29-11-3-2-4-12-29;1-17-21-6-5-18(13-22(21)28-16-27-17)19-14-23-24(26-15-19)29-25(32-23)31-11-7-20(8-12-31)30-9-3-2-4-10-30;27-20(25-10-4-5-11-25)17-14-19-18(15-22-17)23-21(28-19)26-12-6-16(7-13-26)24-8-2-1-3-9-24;1-13(24)20-17-11-16-15(12-19-17)21-18(25-16)23-9-5-14(6-10-23)22-7-3-2-4-8-22;18-16(23)13-10-15-14(11-19-13)20-17(24-15)22-8-4-12(5-9-22)21-6-2-1-3-7-21/h5-7,10,15-17,21H,1-4,8-9,11-14H2;5-6,13-16,20H,1-4,7-12H2,(H,27,28);14-16H,1-13H2;11-12,14H,2-10H2,1H3,(H,19,20,24);10-12H,1-9H2,(H2,18,23). The number of allylic oxidation sites excluding steroid dienone is 3. The van der Waals surface area contributed by atoms with Crippen LogP contribution in [0, 0.1) is 0 Å². The number of aliphatic imine (C=N–C) groups is 2. The van der Waals surface area contributed by atoms with Gasteiger partial charge >= 0.3 is 0 Å². The number of piperidine rings is 10. The van der Waals surface area contributed by atoms with Crippen LogP contribution < -0.4 is 40.9 Å². The number of nitrogens with zero attached hydrogens (tertiary/aromatic N) is 24. The molecular formula is C106H133N27O5S3. The number of hydrogen-bond acceptors (Lipinski definition) is 32. The van der Waals surface area contributed by atoms with Gasteiger partial charge < -0.3 is 84.0 Å². The van der Waals surface area contributed by atoms with Gasteiger partial charge in [-0.1, -0.05) is 91.4 Å². The molecule has 740 valence electrons. The zero-order valence-electron chi connectivity index (χ0n) is 81.5. The SMILES string of the molecule is C=C1C=CN=C2C=CC(c3cnc4nc(N5CCC(N6CCCCC6)CC5)oc4c3)=CN12.C=C1NC=Nc2cc(-c3cnc4nc(N5CCC(N6CCCCC6)CC5)oc4c3)ccc21.CC(=O)Nc1cc2sc(N3CCC(N4CCCCC4)CC3)nc2cn1.NC(=O)c1cc2sc(N3CCC(N4CCCCC4)CC3)nc2cn1.O=C(c1cc2sc(N3CCC(N4CCCCC4)CC3)nc2cn1)N1CCCC1. The number of amidine groups is 1. The first-order chi connectivity index (χ1) is 69.2. The van der Waals surface area contributed by atoms with Crippen molar-refractivity contribution in [2.24, 2.45) is 15.7 Å². The maximum atomic E-state index is 12.6. The molecule has 32 nitrogen and oxygen atoms in total. The number of fused-ring (bicyclic) bond motifs is 7. The number of hydrogen-bond donors (Lipinski definition) is 3. The molecule has 14 aliphatic heterocycles. The predicted octanol–water partition coefficient (Wildman–Crippen LogP) is 17.6. The number of carbonyl (C=O) groups excluding carboxylic acids is 3. The number of pyridine rings is 5. The van der Waals surface area contributed by atoms with Crippen LogP contribution >= 0.6 is 34.0 Å². The van der Waals surface area contributed by atoms with E-state index in [4.69, 9.17) is 29.5 Å². The Labute approximate surface area is 837 Å². The number of carbonyl (C=O) groups is 3. The van der Waals surface area contributed by atoms with E-state index in [2.05, 4.69) is 130 Å². The molecular weight excluding hydrogens is 1830 g/mol. The molecule has 11 saturated heterocycles. The third-order valence-electron chi connectivity index (χ3n) is 30.8. The van der Waals surface area contributed by atoms with Crippen molar-refractivity contribution in [2.45, 2.75) is 210 Å². The molecule has 35 heteroatoms. The van der Waals surface area contributed by atoms with Gasteiger partial charge in [0.15, 0.2) is 26.6 Å². The maximum absolute atomic E-state index is 12.6. The fraction of sp³-hybridized carbons (Fsp3) is 0.519. The third kappa shape index (κ3) is 22.7. The monoisotopic (exact) mass is 1960 g/mol. The fourth-order valence-electron chi connectivity index (χ4n) is 22.8. The van der Waals surface area contributed by atoms with Crippen molar-refractivity contribution < 1.29 is 23.2 Å². The van der Waals surface area contributed by atoms with E-state index in [1.165, 1.54) is 233 Å². The lowest BCUT2D eigenvalue weighted by atomic mass is 10.0. The Morgan fingerprint density at radius 2 is 0.837 bits per heavy atom. The topological polar surface area (TPSA) is 320 Å². The molecule has 11 aromatic rings. The first kappa shape index (κ1) is 95.6. The van der Waals surface area contributed by atoms with E-state index in [1.807, 2.05) is 77.0 Å².